The molecule has 0 atom stereocenters. The number of rotatable bonds is 1. The molecule has 4 rings (SSSR count). The average molecular weight is 316 g/mol. The second-order valence-electron chi connectivity index (χ2n) is 7.68. The lowest BCUT2D eigenvalue weighted by Gasteiger charge is -2.05. The summed E-state index contributed by atoms with van der Waals surface area (Å²) >= 11 is 0. The van der Waals surface area contributed by atoms with Gasteiger partial charge in [-0.05, 0) is 34.7 Å². The fourth-order valence-corrected chi connectivity index (χ4v) is 2.54. The van der Waals surface area contributed by atoms with Crippen LogP contribution in [0.15, 0.2) is 77.2 Å². The highest BCUT2D eigenvalue weighted by molar-refractivity contribution is 6.05. The number of fused-ring (bicyclic) bond motifs is 3. The Bertz CT molecular complexity index is 934. The Kier molecular flexibility index (Phi) is 4.44. The summed E-state index contributed by atoms with van der Waals surface area (Å²) in [6.07, 6.45) is 0. The molecule has 0 aliphatic rings. The van der Waals surface area contributed by atoms with Crippen molar-refractivity contribution in [2.75, 3.05) is 0 Å². The number of benzene rings is 3. The van der Waals surface area contributed by atoms with Crippen molar-refractivity contribution in [2.45, 2.75) is 27.7 Å². The van der Waals surface area contributed by atoms with Gasteiger partial charge in [0.05, 0.1) is 0 Å². The molecule has 0 amide bonds. The molecule has 0 saturated heterocycles. The van der Waals surface area contributed by atoms with Gasteiger partial charge in [0, 0.05) is 10.8 Å². The third-order valence-corrected chi connectivity index (χ3v) is 3.49. The SMILES string of the molecule is CC(C)(C)C.c1ccc(-c2ccc3c(c2)oc2ccccc23)cc1. The summed E-state index contributed by atoms with van der Waals surface area (Å²) < 4.78 is 5.91. The van der Waals surface area contributed by atoms with Crippen LogP contribution in [0.25, 0.3) is 33.1 Å². The molecule has 0 spiro atoms. The Hall–Kier alpha value is -2.54. The van der Waals surface area contributed by atoms with Gasteiger partial charge in [-0.3, -0.25) is 0 Å². The quantitative estimate of drug-likeness (QED) is 0.359. The molecule has 0 unspecified atom stereocenters. The number of hydrogen-bond acceptors (Lipinski definition) is 1. The summed E-state index contributed by atoms with van der Waals surface area (Å²) in [6.45, 7) is 8.75. The van der Waals surface area contributed by atoms with Crippen molar-refractivity contribution in [1.82, 2.24) is 0 Å². The Morgan fingerprint density at radius 1 is 0.583 bits per heavy atom. The van der Waals surface area contributed by atoms with Gasteiger partial charge in [0.1, 0.15) is 11.2 Å². The minimum atomic E-state index is 0.500. The topological polar surface area (TPSA) is 13.1 Å². The second-order valence-corrected chi connectivity index (χ2v) is 7.68. The number of furan rings is 1. The Balaban J connectivity index is 0.000000300. The molecule has 4 aromatic rings. The summed E-state index contributed by atoms with van der Waals surface area (Å²) in [4.78, 5) is 0. The van der Waals surface area contributed by atoms with Gasteiger partial charge in [-0.2, -0.15) is 0 Å². The van der Waals surface area contributed by atoms with Crippen molar-refractivity contribution in [1.29, 1.82) is 0 Å². The predicted octanol–water partition coefficient (Wildman–Crippen LogP) is 7.31. The first-order chi connectivity index (χ1) is 11.4. The monoisotopic (exact) mass is 316 g/mol. The van der Waals surface area contributed by atoms with Crippen LogP contribution in [-0.4, -0.2) is 0 Å². The highest BCUT2D eigenvalue weighted by atomic mass is 16.3. The molecule has 1 nitrogen and oxygen atoms in total. The predicted molar refractivity (Wildman–Crippen MR) is 104 cm³/mol. The molecule has 3 aromatic carbocycles. The van der Waals surface area contributed by atoms with Gasteiger partial charge in [0.2, 0.25) is 0 Å². The van der Waals surface area contributed by atoms with Gasteiger partial charge in [-0.1, -0.05) is 82.3 Å². The van der Waals surface area contributed by atoms with E-state index in [1.807, 2.05) is 24.3 Å². The highest BCUT2D eigenvalue weighted by Crippen LogP contribution is 2.31. The van der Waals surface area contributed by atoms with E-state index in [1.165, 1.54) is 21.9 Å². The summed E-state index contributed by atoms with van der Waals surface area (Å²) in [7, 11) is 0. The van der Waals surface area contributed by atoms with Crippen LogP contribution in [0, 0.1) is 5.41 Å². The standard InChI is InChI=1S/C18H12O.C5H12/c1-2-6-13(7-3-1)14-10-11-16-15-8-4-5-9-17(15)19-18(16)12-14;1-5(2,3)4/h1-12H;1-4H3. The maximum Gasteiger partial charge on any atom is 0.136 e. The molecule has 0 bridgehead atoms. The fraction of sp³-hybridized carbons (Fsp3) is 0.217. The molecular weight excluding hydrogens is 292 g/mol. The zero-order valence-electron chi connectivity index (χ0n) is 14.8. The van der Waals surface area contributed by atoms with Crippen molar-refractivity contribution < 1.29 is 4.42 Å². The lowest BCUT2D eigenvalue weighted by Crippen LogP contribution is -1.93. The van der Waals surface area contributed by atoms with Gasteiger partial charge in [-0.15, -0.1) is 0 Å². The normalized spacial score (nSPS) is 11.3. The second kappa shape index (κ2) is 6.52. The Morgan fingerprint density at radius 3 is 1.88 bits per heavy atom. The van der Waals surface area contributed by atoms with E-state index in [0.717, 1.165) is 11.2 Å². The molecule has 24 heavy (non-hydrogen) atoms. The van der Waals surface area contributed by atoms with Crippen LogP contribution in [0.4, 0.5) is 0 Å². The summed E-state index contributed by atoms with van der Waals surface area (Å²) in [5.41, 5.74) is 4.79. The highest BCUT2D eigenvalue weighted by Gasteiger charge is 2.07. The lowest BCUT2D eigenvalue weighted by molar-refractivity contribution is 0.469. The minimum Gasteiger partial charge on any atom is -0.456 e. The van der Waals surface area contributed by atoms with Crippen LogP contribution in [0.1, 0.15) is 27.7 Å². The zero-order chi connectivity index (χ0) is 17.2. The smallest absolute Gasteiger partial charge is 0.136 e. The minimum absolute atomic E-state index is 0.500. The number of hydrogen-bond donors (Lipinski definition) is 0. The molecule has 0 saturated carbocycles. The first-order valence-corrected chi connectivity index (χ1v) is 8.38. The van der Waals surface area contributed by atoms with E-state index >= 15 is 0 Å². The third kappa shape index (κ3) is 3.86. The van der Waals surface area contributed by atoms with E-state index in [9.17, 15) is 0 Å². The largest absolute Gasteiger partial charge is 0.456 e. The molecule has 122 valence electrons. The third-order valence-electron chi connectivity index (χ3n) is 3.49. The molecule has 0 aliphatic heterocycles. The van der Waals surface area contributed by atoms with Crippen molar-refractivity contribution in [3.8, 4) is 11.1 Å². The Morgan fingerprint density at radius 2 is 1.17 bits per heavy atom. The summed E-state index contributed by atoms with van der Waals surface area (Å²) in [5.74, 6) is 0. The van der Waals surface area contributed by atoms with E-state index in [-0.39, 0.29) is 0 Å². The maximum absolute atomic E-state index is 5.91. The van der Waals surface area contributed by atoms with Crippen LogP contribution in [-0.2, 0) is 0 Å². The van der Waals surface area contributed by atoms with Crippen molar-refractivity contribution in [3.63, 3.8) is 0 Å². The van der Waals surface area contributed by atoms with Crippen molar-refractivity contribution >= 4 is 21.9 Å². The average Bonchev–Trinajstić information content (AvgIpc) is 2.92. The van der Waals surface area contributed by atoms with Crippen LogP contribution in [0.2, 0.25) is 0 Å². The van der Waals surface area contributed by atoms with E-state index in [0.29, 0.717) is 5.41 Å². The van der Waals surface area contributed by atoms with E-state index in [2.05, 4.69) is 76.2 Å². The molecular formula is C23H24O. The van der Waals surface area contributed by atoms with Crippen LogP contribution >= 0.6 is 0 Å². The fourth-order valence-electron chi connectivity index (χ4n) is 2.54. The summed E-state index contributed by atoms with van der Waals surface area (Å²) in [5, 5.41) is 2.35. The Labute approximate surface area is 143 Å². The summed E-state index contributed by atoms with van der Waals surface area (Å²) in [6, 6.07) is 24.9. The molecule has 0 N–H and O–H groups in total. The molecule has 1 heterocycles. The van der Waals surface area contributed by atoms with Crippen molar-refractivity contribution in [3.05, 3.63) is 72.8 Å². The first kappa shape index (κ1) is 16.3. The molecule has 0 fully saturated rings. The van der Waals surface area contributed by atoms with Gasteiger partial charge < -0.3 is 4.42 Å². The van der Waals surface area contributed by atoms with Crippen LogP contribution in [0.3, 0.4) is 0 Å². The van der Waals surface area contributed by atoms with E-state index in [1.54, 1.807) is 0 Å². The van der Waals surface area contributed by atoms with Gasteiger partial charge >= 0.3 is 0 Å². The lowest BCUT2D eigenvalue weighted by atomic mass is 10.0. The van der Waals surface area contributed by atoms with Crippen LogP contribution < -0.4 is 0 Å². The maximum atomic E-state index is 5.91. The zero-order valence-corrected chi connectivity index (χ0v) is 14.8. The van der Waals surface area contributed by atoms with E-state index < -0.39 is 0 Å². The molecule has 1 aromatic heterocycles. The molecule has 0 radical (unpaired) electrons. The number of para-hydroxylation sites is 1. The van der Waals surface area contributed by atoms with Gasteiger partial charge in [0.15, 0.2) is 0 Å². The van der Waals surface area contributed by atoms with Gasteiger partial charge in [0.25, 0.3) is 0 Å². The first-order valence-electron chi connectivity index (χ1n) is 8.38. The van der Waals surface area contributed by atoms with Gasteiger partial charge in [-0.25, -0.2) is 0 Å². The molecule has 1 heteroatoms. The van der Waals surface area contributed by atoms with Crippen molar-refractivity contribution in [2.24, 2.45) is 5.41 Å². The van der Waals surface area contributed by atoms with Crippen LogP contribution in [0.5, 0.6) is 0 Å². The van der Waals surface area contributed by atoms with E-state index in [4.69, 9.17) is 4.42 Å². The molecule has 0 aliphatic carbocycles.